The van der Waals surface area contributed by atoms with Gasteiger partial charge in [0.1, 0.15) is 5.60 Å². The van der Waals surface area contributed by atoms with E-state index in [1.54, 1.807) is 0 Å². The molecular weight excluding hydrogens is 322 g/mol. The number of halogens is 1. The molecule has 1 aliphatic carbocycles. The van der Waals surface area contributed by atoms with Gasteiger partial charge in [-0.1, -0.05) is 50.6 Å². The third-order valence-electron chi connectivity index (χ3n) is 5.12. The standard InChI is InChI=1S/C20H31NO2.ClH/c1-16(2)20(13-9-8-12-18(20)15-21(3)4)23-19(22)14-17-10-6-5-7-11-17;/h5-7,10-11,16,18H,8-9,12-15H2,1-4H3;1H. The third-order valence-corrected chi connectivity index (χ3v) is 5.12. The zero-order valence-corrected chi connectivity index (χ0v) is 16.3. The summed E-state index contributed by atoms with van der Waals surface area (Å²) < 4.78 is 6.19. The van der Waals surface area contributed by atoms with E-state index in [9.17, 15) is 4.79 Å². The molecule has 0 N–H and O–H groups in total. The molecule has 0 aromatic heterocycles. The van der Waals surface area contributed by atoms with E-state index in [4.69, 9.17) is 4.74 Å². The second kappa shape index (κ2) is 9.43. The number of ether oxygens (including phenoxy) is 1. The second-order valence-electron chi connectivity index (χ2n) is 7.45. The van der Waals surface area contributed by atoms with Crippen molar-refractivity contribution < 1.29 is 9.53 Å². The number of esters is 1. The zero-order chi connectivity index (χ0) is 16.9. The van der Waals surface area contributed by atoms with Crippen LogP contribution in [0.15, 0.2) is 30.3 Å². The molecule has 2 unspecified atom stereocenters. The van der Waals surface area contributed by atoms with Crippen LogP contribution in [0, 0.1) is 11.8 Å². The van der Waals surface area contributed by atoms with Crippen molar-refractivity contribution in [2.75, 3.05) is 20.6 Å². The fourth-order valence-electron chi connectivity index (χ4n) is 3.95. The van der Waals surface area contributed by atoms with Gasteiger partial charge in [0.05, 0.1) is 6.42 Å². The molecule has 1 saturated carbocycles. The second-order valence-corrected chi connectivity index (χ2v) is 7.45. The lowest BCUT2D eigenvalue weighted by molar-refractivity contribution is -0.180. The Balaban J connectivity index is 0.00000288. The van der Waals surface area contributed by atoms with Gasteiger partial charge in [0.15, 0.2) is 0 Å². The van der Waals surface area contributed by atoms with Crippen molar-refractivity contribution in [2.24, 2.45) is 11.8 Å². The van der Waals surface area contributed by atoms with Crippen LogP contribution < -0.4 is 0 Å². The molecule has 1 fully saturated rings. The molecule has 0 radical (unpaired) electrons. The molecular formula is C20H32ClNO2. The largest absolute Gasteiger partial charge is 0.458 e. The predicted molar refractivity (Wildman–Crippen MR) is 102 cm³/mol. The zero-order valence-electron chi connectivity index (χ0n) is 15.5. The van der Waals surface area contributed by atoms with Crippen LogP contribution in [0.1, 0.15) is 45.1 Å². The van der Waals surface area contributed by atoms with E-state index in [0.29, 0.717) is 18.3 Å². The highest BCUT2D eigenvalue weighted by atomic mass is 35.5. The van der Waals surface area contributed by atoms with Gasteiger partial charge in [0.2, 0.25) is 0 Å². The Morgan fingerprint density at radius 1 is 1.25 bits per heavy atom. The summed E-state index contributed by atoms with van der Waals surface area (Å²) in [6.07, 6.45) is 4.90. The van der Waals surface area contributed by atoms with E-state index in [-0.39, 0.29) is 24.0 Å². The molecule has 24 heavy (non-hydrogen) atoms. The molecule has 0 saturated heterocycles. The molecule has 0 bridgehead atoms. The molecule has 2 atom stereocenters. The van der Waals surface area contributed by atoms with Crippen molar-refractivity contribution in [1.29, 1.82) is 0 Å². The van der Waals surface area contributed by atoms with E-state index >= 15 is 0 Å². The normalized spacial score (nSPS) is 23.8. The first-order valence-corrected chi connectivity index (χ1v) is 8.84. The highest BCUT2D eigenvalue weighted by Crippen LogP contribution is 2.42. The molecule has 136 valence electrons. The number of hydrogen-bond donors (Lipinski definition) is 0. The first-order chi connectivity index (χ1) is 10.9. The molecule has 0 aliphatic heterocycles. The quantitative estimate of drug-likeness (QED) is 0.712. The predicted octanol–water partition coefficient (Wildman–Crippen LogP) is 4.34. The van der Waals surface area contributed by atoms with Crippen LogP contribution in [0.3, 0.4) is 0 Å². The van der Waals surface area contributed by atoms with Gasteiger partial charge in [0.25, 0.3) is 0 Å². The van der Waals surface area contributed by atoms with Crippen LogP contribution in [-0.4, -0.2) is 37.1 Å². The van der Waals surface area contributed by atoms with Crippen LogP contribution in [0.4, 0.5) is 0 Å². The van der Waals surface area contributed by atoms with Gasteiger partial charge in [0, 0.05) is 12.5 Å². The average Bonchev–Trinajstić information content (AvgIpc) is 2.49. The number of benzene rings is 1. The SMILES string of the molecule is CC(C)C1(OC(=O)Cc2ccccc2)CCCCC1CN(C)C.Cl. The van der Waals surface area contributed by atoms with E-state index in [0.717, 1.165) is 31.4 Å². The van der Waals surface area contributed by atoms with Gasteiger partial charge in [-0.15, -0.1) is 12.4 Å². The summed E-state index contributed by atoms with van der Waals surface area (Å²) in [5.41, 5.74) is 0.713. The summed E-state index contributed by atoms with van der Waals surface area (Å²) in [6.45, 7) is 5.38. The Labute approximate surface area is 153 Å². The maximum absolute atomic E-state index is 12.6. The lowest BCUT2D eigenvalue weighted by atomic mass is 9.69. The highest BCUT2D eigenvalue weighted by Gasteiger charge is 2.46. The van der Waals surface area contributed by atoms with E-state index in [1.807, 2.05) is 30.3 Å². The summed E-state index contributed by atoms with van der Waals surface area (Å²) in [6, 6.07) is 9.88. The van der Waals surface area contributed by atoms with Crippen molar-refractivity contribution in [2.45, 2.75) is 51.6 Å². The summed E-state index contributed by atoms with van der Waals surface area (Å²) in [5, 5.41) is 0. The Bertz CT molecular complexity index is 504. The molecule has 1 aliphatic rings. The topological polar surface area (TPSA) is 29.5 Å². The van der Waals surface area contributed by atoms with Gasteiger partial charge in [-0.25, -0.2) is 0 Å². The molecule has 0 amide bonds. The molecule has 0 spiro atoms. The lowest BCUT2D eigenvalue weighted by Gasteiger charge is -2.47. The smallest absolute Gasteiger partial charge is 0.310 e. The number of carbonyl (C=O) groups excluding carboxylic acids is 1. The molecule has 1 aromatic rings. The van der Waals surface area contributed by atoms with Crippen molar-refractivity contribution >= 4 is 18.4 Å². The van der Waals surface area contributed by atoms with Crippen molar-refractivity contribution in [3.63, 3.8) is 0 Å². The van der Waals surface area contributed by atoms with Crippen LogP contribution in [0.5, 0.6) is 0 Å². The summed E-state index contributed by atoms with van der Waals surface area (Å²) in [7, 11) is 4.21. The van der Waals surface area contributed by atoms with Crippen LogP contribution >= 0.6 is 12.4 Å². The number of rotatable bonds is 6. The minimum absolute atomic E-state index is 0. The number of hydrogen-bond acceptors (Lipinski definition) is 3. The first-order valence-electron chi connectivity index (χ1n) is 8.84. The molecule has 1 aromatic carbocycles. The van der Waals surface area contributed by atoms with Crippen LogP contribution in [-0.2, 0) is 16.0 Å². The summed E-state index contributed by atoms with van der Waals surface area (Å²) in [5.74, 6) is 0.675. The van der Waals surface area contributed by atoms with Crippen molar-refractivity contribution in [3.8, 4) is 0 Å². The molecule has 2 rings (SSSR count). The average molecular weight is 354 g/mol. The monoisotopic (exact) mass is 353 g/mol. The Hall–Kier alpha value is -1.06. The molecule has 3 nitrogen and oxygen atoms in total. The van der Waals surface area contributed by atoms with E-state index in [2.05, 4.69) is 32.8 Å². The summed E-state index contributed by atoms with van der Waals surface area (Å²) >= 11 is 0. The van der Waals surface area contributed by atoms with Gasteiger partial charge >= 0.3 is 5.97 Å². The van der Waals surface area contributed by atoms with Gasteiger partial charge in [-0.05, 0) is 44.8 Å². The van der Waals surface area contributed by atoms with E-state index < -0.39 is 0 Å². The maximum atomic E-state index is 12.6. The van der Waals surface area contributed by atoms with E-state index in [1.165, 1.54) is 6.42 Å². The first kappa shape index (κ1) is 21.0. The van der Waals surface area contributed by atoms with Crippen LogP contribution in [0.2, 0.25) is 0 Å². The third kappa shape index (κ3) is 5.22. The molecule has 4 heteroatoms. The van der Waals surface area contributed by atoms with Gasteiger partial charge < -0.3 is 9.64 Å². The van der Waals surface area contributed by atoms with Gasteiger partial charge in [-0.2, -0.15) is 0 Å². The summed E-state index contributed by atoms with van der Waals surface area (Å²) in [4.78, 5) is 14.8. The van der Waals surface area contributed by atoms with Crippen molar-refractivity contribution in [1.82, 2.24) is 4.90 Å². The molecule has 0 heterocycles. The van der Waals surface area contributed by atoms with Gasteiger partial charge in [-0.3, -0.25) is 4.79 Å². The highest BCUT2D eigenvalue weighted by molar-refractivity contribution is 5.85. The maximum Gasteiger partial charge on any atom is 0.310 e. The fourth-order valence-corrected chi connectivity index (χ4v) is 3.95. The fraction of sp³-hybridized carbons (Fsp3) is 0.650. The Kier molecular flexibility index (Phi) is 8.24. The van der Waals surface area contributed by atoms with Crippen molar-refractivity contribution in [3.05, 3.63) is 35.9 Å². The number of carbonyl (C=O) groups is 1. The Morgan fingerprint density at radius 2 is 1.92 bits per heavy atom. The minimum atomic E-state index is -0.311. The minimum Gasteiger partial charge on any atom is -0.458 e. The number of nitrogens with zero attached hydrogens (tertiary/aromatic N) is 1. The lowest BCUT2D eigenvalue weighted by Crippen LogP contribution is -2.52. The Morgan fingerprint density at radius 3 is 2.50 bits per heavy atom. The van der Waals surface area contributed by atoms with Crippen LogP contribution in [0.25, 0.3) is 0 Å².